The molecule has 0 fully saturated rings. The van der Waals surface area contributed by atoms with Crippen LogP contribution in [0.25, 0.3) is 0 Å². The van der Waals surface area contributed by atoms with Gasteiger partial charge in [0, 0.05) is 11.8 Å². The Bertz CT molecular complexity index is 227. The Kier molecular flexibility index (Phi) is 8.19. The summed E-state index contributed by atoms with van der Waals surface area (Å²) in [6, 6.07) is 0. The zero-order chi connectivity index (χ0) is 12.5. The molecule has 1 heterocycles. The molecule has 1 N–H and O–H groups in total. The number of rotatable bonds is 8. The summed E-state index contributed by atoms with van der Waals surface area (Å²) < 4.78 is 0. The molecule has 0 radical (unpaired) electrons. The summed E-state index contributed by atoms with van der Waals surface area (Å²) in [6.45, 7) is 8.90. The van der Waals surface area contributed by atoms with E-state index in [0.717, 1.165) is 24.3 Å². The monoisotopic (exact) mass is 274 g/mol. The lowest BCUT2D eigenvalue weighted by Gasteiger charge is -2.18. The fraction of sp³-hybridized carbons (Fsp3) is 0.923. The van der Waals surface area contributed by atoms with Crippen molar-refractivity contribution in [3.05, 3.63) is 0 Å². The Morgan fingerprint density at radius 2 is 2.18 bits per heavy atom. The first kappa shape index (κ1) is 15.2. The Morgan fingerprint density at radius 3 is 2.82 bits per heavy atom. The molecule has 0 bridgehead atoms. The molecule has 1 aliphatic heterocycles. The van der Waals surface area contributed by atoms with Gasteiger partial charge in [0.2, 0.25) is 0 Å². The average Bonchev–Trinajstić information content (AvgIpc) is 2.79. The maximum absolute atomic E-state index is 4.61. The van der Waals surface area contributed by atoms with Crippen LogP contribution in [0, 0.1) is 5.92 Å². The lowest BCUT2D eigenvalue weighted by atomic mass is 9.99. The largest absolute Gasteiger partial charge is 0.365 e. The topological polar surface area (TPSA) is 24.4 Å². The molecule has 0 saturated heterocycles. The van der Waals surface area contributed by atoms with Crippen molar-refractivity contribution in [1.29, 1.82) is 0 Å². The quantitative estimate of drug-likeness (QED) is 0.684. The van der Waals surface area contributed by atoms with E-state index in [9.17, 15) is 0 Å². The molecule has 1 unspecified atom stereocenters. The van der Waals surface area contributed by atoms with Gasteiger partial charge in [-0.2, -0.15) is 11.8 Å². The number of aliphatic imine (C=N–C) groups is 1. The molecule has 100 valence electrons. The van der Waals surface area contributed by atoms with E-state index in [4.69, 9.17) is 0 Å². The van der Waals surface area contributed by atoms with Crippen molar-refractivity contribution in [2.75, 3.05) is 24.6 Å². The van der Waals surface area contributed by atoms with Crippen molar-refractivity contribution in [2.45, 2.75) is 45.3 Å². The molecule has 1 aliphatic rings. The van der Waals surface area contributed by atoms with Crippen molar-refractivity contribution in [2.24, 2.45) is 10.9 Å². The standard InChI is InChI=1S/C13H26N2S2/c1-4-11(5-2)12-10-15-13(17-12)14-8-7-9-16-6-3/h11-12H,4-10H2,1-3H3,(H,14,15). The molecular weight excluding hydrogens is 248 g/mol. The van der Waals surface area contributed by atoms with Crippen LogP contribution in [0.1, 0.15) is 40.0 Å². The minimum Gasteiger partial charge on any atom is -0.365 e. The Balaban J connectivity index is 2.12. The summed E-state index contributed by atoms with van der Waals surface area (Å²) in [4.78, 5) is 4.61. The van der Waals surface area contributed by atoms with E-state index in [2.05, 4.69) is 31.1 Å². The van der Waals surface area contributed by atoms with Crippen LogP contribution in [0.15, 0.2) is 4.99 Å². The van der Waals surface area contributed by atoms with Crippen molar-refractivity contribution in [1.82, 2.24) is 5.32 Å². The minimum atomic E-state index is 0.720. The molecule has 2 nitrogen and oxygen atoms in total. The zero-order valence-corrected chi connectivity index (χ0v) is 13.0. The van der Waals surface area contributed by atoms with E-state index in [1.807, 2.05) is 23.5 Å². The second-order valence-corrected chi connectivity index (χ2v) is 6.98. The van der Waals surface area contributed by atoms with Gasteiger partial charge in [-0.25, -0.2) is 0 Å². The summed E-state index contributed by atoms with van der Waals surface area (Å²) in [6.07, 6.45) is 3.81. The van der Waals surface area contributed by atoms with Crippen LogP contribution in [0.5, 0.6) is 0 Å². The second-order valence-electron chi connectivity index (χ2n) is 4.36. The molecule has 1 rings (SSSR count). The van der Waals surface area contributed by atoms with Crippen LogP contribution in [-0.4, -0.2) is 35.0 Å². The maximum atomic E-state index is 4.61. The molecule has 0 spiro atoms. The van der Waals surface area contributed by atoms with E-state index in [-0.39, 0.29) is 0 Å². The van der Waals surface area contributed by atoms with Crippen LogP contribution in [0.4, 0.5) is 0 Å². The molecule has 0 aromatic heterocycles. The highest BCUT2D eigenvalue weighted by atomic mass is 32.2. The fourth-order valence-electron chi connectivity index (χ4n) is 2.06. The smallest absolute Gasteiger partial charge is 0.156 e. The molecule has 0 amide bonds. The number of nitrogens with one attached hydrogen (secondary N) is 1. The highest BCUT2D eigenvalue weighted by Crippen LogP contribution is 2.30. The first-order chi connectivity index (χ1) is 8.31. The third kappa shape index (κ3) is 5.56. The molecular formula is C13H26N2S2. The highest BCUT2D eigenvalue weighted by molar-refractivity contribution is 8.14. The predicted molar refractivity (Wildman–Crippen MR) is 83.4 cm³/mol. The Morgan fingerprint density at radius 1 is 1.41 bits per heavy atom. The Labute approximate surface area is 115 Å². The van der Waals surface area contributed by atoms with Gasteiger partial charge in [0.25, 0.3) is 0 Å². The predicted octanol–water partition coefficient (Wildman–Crippen LogP) is 3.63. The minimum absolute atomic E-state index is 0.720. The molecule has 17 heavy (non-hydrogen) atoms. The highest BCUT2D eigenvalue weighted by Gasteiger charge is 2.25. The molecule has 0 aliphatic carbocycles. The fourth-order valence-corrected chi connectivity index (χ4v) is 4.05. The van der Waals surface area contributed by atoms with Crippen molar-refractivity contribution in [3.8, 4) is 0 Å². The molecule has 0 aromatic rings. The number of nitrogens with zero attached hydrogens (tertiary/aromatic N) is 1. The van der Waals surface area contributed by atoms with Gasteiger partial charge in [0.1, 0.15) is 0 Å². The zero-order valence-electron chi connectivity index (χ0n) is 11.4. The first-order valence-corrected chi connectivity index (χ1v) is 8.87. The van der Waals surface area contributed by atoms with Crippen molar-refractivity contribution >= 4 is 28.7 Å². The Hall–Kier alpha value is 0.170. The van der Waals surface area contributed by atoms with Gasteiger partial charge >= 0.3 is 0 Å². The van der Waals surface area contributed by atoms with Gasteiger partial charge in [-0.1, -0.05) is 45.4 Å². The van der Waals surface area contributed by atoms with Gasteiger partial charge in [0.05, 0.1) is 6.54 Å². The van der Waals surface area contributed by atoms with Crippen molar-refractivity contribution in [3.63, 3.8) is 0 Å². The summed E-state index contributed by atoms with van der Waals surface area (Å²) in [7, 11) is 0. The van der Waals surface area contributed by atoms with Crippen LogP contribution in [0.2, 0.25) is 0 Å². The van der Waals surface area contributed by atoms with Gasteiger partial charge in [-0.15, -0.1) is 0 Å². The van der Waals surface area contributed by atoms with Gasteiger partial charge in [-0.05, 0) is 23.8 Å². The second kappa shape index (κ2) is 9.15. The normalized spacial score (nSPS) is 19.8. The van der Waals surface area contributed by atoms with E-state index in [1.165, 1.54) is 35.9 Å². The van der Waals surface area contributed by atoms with Crippen LogP contribution in [0.3, 0.4) is 0 Å². The summed E-state index contributed by atoms with van der Waals surface area (Å²) >= 11 is 3.98. The molecule has 1 atom stereocenters. The lowest BCUT2D eigenvalue weighted by Crippen LogP contribution is -2.22. The van der Waals surface area contributed by atoms with E-state index >= 15 is 0 Å². The first-order valence-electron chi connectivity index (χ1n) is 6.84. The molecule has 0 aromatic carbocycles. The average molecular weight is 274 g/mol. The number of thioether (sulfide) groups is 2. The van der Waals surface area contributed by atoms with Gasteiger partial charge in [0.15, 0.2) is 5.17 Å². The van der Waals surface area contributed by atoms with Crippen LogP contribution in [-0.2, 0) is 0 Å². The lowest BCUT2D eigenvalue weighted by molar-refractivity contribution is 0.479. The van der Waals surface area contributed by atoms with Gasteiger partial charge < -0.3 is 5.32 Å². The van der Waals surface area contributed by atoms with E-state index in [1.54, 1.807) is 0 Å². The number of hydrogen-bond donors (Lipinski definition) is 1. The number of amidine groups is 1. The van der Waals surface area contributed by atoms with Crippen molar-refractivity contribution < 1.29 is 0 Å². The van der Waals surface area contributed by atoms with E-state index in [0.29, 0.717) is 0 Å². The van der Waals surface area contributed by atoms with Crippen LogP contribution >= 0.6 is 23.5 Å². The summed E-state index contributed by atoms with van der Waals surface area (Å²) in [5, 5.41) is 5.38. The third-order valence-corrected chi connectivity index (χ3v) is 5.52. The maximum Gasteiger partial charge on any atom is 0.156 e. The SMILES string of the molecule is CCSCCCNC1=NCC(C(CC)CC)S1. The summed E-state index contributed by atoms with van der Waals surface area (Å²) in [5.41, 5.74) is 0. The third-order valence-electron chi connectivity index (χ3n) is 3.20. The molecule has 0 saturated carbocycles. The summed E-state index contributed by atoms with van der Waals surface area (Å²) in [5.74, 6) is 3.32. The van der Waals surface area contributed by atoms with E-state index < -0.39 is 0 Å². The molecule has 4 heteroatoms. The van der Waals surface area contributed by atoms with Gasteiger partial charge in [-0.3, -0.25) is 4.99 Å². The number of hydrogen-bond acceptors (Lipinski definition) is 4. The van der Waals surface area contributed by atoms with Crippen LogP contribution < -0.4 is 5.32 Å².